The molecule has 0 bridgehead atoms. The average Bonchev–Trinajstić information content (AvgIpc) is 2.50. The maximum atomic E-state index is 12.1. The molecule has 0 heterocycles. The van der Waals surface area contributed by atoms with Crippen LogP contribution >= 0.6 is 7.60 Å². The number of esters is 1. The van der Waals surface area contributed by atoms with E-state index in [9.17, 15) is 9.36 Å². The lowest BCUT2D eigenvalue weighted by Gasteiger charge is -2.22. The fraction of sp³-hybridized carbons (Fsp3) is 0.357. The van der Waals surface area contributed by atoms with Crippen LogP contribution in [0.25, 0.3) is 6.08 Å². The summed E-state index contributed by atoms with van der Waals surface area (Å²) in [4.78, 5) is 11.7. The Labute approximate surface area is 119 Å². The van der Waals surface area contributed by atoms with Gasteiger partial charge >= 0.3 is 13.6 Å². The third-order valence-electron chi connectivity index (χ3n) is 2.67. The molecule has 1 aromatic carbocycles. The molecule has 1 rings (SSSR count). The van der Waals surface area contributed by atoms with E-state index in [0.717, 1.165) is 5.56 Å². The first-order valence-electron chi connectivity index (χ1n) is 6.20. The molecule has 0 spiro atoms. The largest absolute Gasteiger partial charge is 0.446 e. The van der Waals surface area contributed by atoms with Gasteiger partial charge in [0, 0.05) is 20.3 Å². The minimum absolute atomic E-state index is 0.337. The van der Waals surface area contributed by atoms with E-state index < -0.39 is 19.4 Å². The molecule has 6 heteroatoms. The molecule has 0 fully saturated rings. The minimum Gasteiger partial charge on any atom is -0.446 e. The molecule has 1 atom stereocenters. The van der Waals surface area contributed by atoms with Crippen LogP contribution in [0.1, 0.15) is 18.9 Å². The monoisotopic (exact) mass is 298 g/mol. The van der Waals surface area contributed by atoms with Gasteiger partial charge in [-0.25, -0.2) is 4.79 Å². The van der Waals surface area contributed by atoms with Crippen LogP contribution in [-0.4, -0.2) is 26.0 Å². The van der Waals surface area contributed by atoms with Crippen molar-refractivity contribution < 1.29 is 23.1 Å². The highest BCUT2D eigenvalue weighted by Gasteiger charge is 2.35. The summed E-state index contributed by atoms with van der Waals surface area (Å²) in [7, 11) is -0.889. The van der Waals surface area contributed by atoms with Gasteiger partial charge in [0.1, 0.15) is 0 Å². The van der Waals surface area contributed by atoms with E-state index in [1.165, 1.54) is 20.3 Å². The molecule has 5 nitrogen and oxygen atoms in total. The third kappa shape index (κ3) is 4.60. The van der Waals surface area contributed by atoms with Crippen molar-refractivity contribution in [3.63, 3.8) is 0 Å². The van der Waals surface area contributed by atoms with Crippen LogP contribution in [-0.2, 0) is 23.1 Å². The van der Waals surface area contributed by atoms with Gasteiger partial charge in [-0.15, -0.1) is 0 Å². The molecule has 20 heavy (non-hydrogen) atoms. The van der Waals surface area contributed by atoms with Gasteiger partial charge in [0.2, 0.25) is 5.85 Å². The predicted molar refractivity (Wildman–Crippen MR) is 77.3 cm³/mol. The smallest absolute Gasteiger partial charge is 0.370 e. The van der Waals surface area contributed by atoms with Gasteiger partial charge in [-0.3, -0.25) is 4.57 Å². The molecule has 0 N–H and O–H groups in total. The summed E-state index contributed by atoms with van der Waals surface area (Å²) in [5.74, 6) is -1.50. The second-order valence-corrected chi connectivity index (χ2v) is 6.33. The van der Waals surface area contributed by atoms with Crippen molar-refractivity contribution >= 4 is 19.6 Å². The van der Waals surface area contributed by atoms with Crippen molar-refractivity contribution in [1.82, 2.24) is 0 Å². The minimum atomic E-state index is -3.42. The third-order valence-corrected chi connectivity index (χ3v) is 4.87. The first kappa shape index (κ1) is 16.6. The second kappa shape index (κ2) is 8.00. The zero-order chi connectivity index (χ0) is 15.0. The topological polar surface area (TPSA) is 61.8 Å². The van der Waals surface area contributed by atoms with Crippen LogP contribution in [0.4, 0.5) is 0 Å². The molecule has 0 aliphatic heterocycles. The Hall–Kier alpha value is -1.42. The normalized spacial score (nSPS) is 13.3. The molecule has 0 saturated heterocycles. The Kier molecular flexibility index (Phi) is 6.65. The van der Waals surface area contributed by atoms with Gasteiger partial charge in [-0.1, -0.05) is 37.3 Å². The summed E-state index contributed by atoms with van der Waals surface area (Å²) in [6.07, 6.45) is 3.25. The molecule has 0 radical (unpaired) electrons. The van der Waals surface area contributed by atoms with Crippen molar-refractivity contribution in [1.29, 1.82) is 0 Å². The van der Waals surface area contributed by atoms with Gasteiger partial charge in [-0.05, 0) is 18.1 Å². The Balaban J connectivity index is 2.69. The van der Waals surface area contributed by atoms with E-state index in [2.05, 4.69) is 0 Å². The van der Waals surface area contributed by atoms with E-state index in [-0.39, 0.29) is 0 Å². The van der Waals surface area contributed by atoms with Gasteiger partial charge in [0.05, 0.1) is 0 Å². The number of hydrogen-bond donors (Lipinski definition) is 0. The van der Waals surface area contributed by atoms with Crippen LogP contribution < -0.4 is 0 Å². The molecule has 110 valence electrons. The van der Waals surface area contributed by atoms with E-state index >= 15 is 0 Å². The van der Waals surface area contributed by atoms with Crippen LogP contribution in [0.3, 0.4) is 0 Å². The molecule has 1 unspecified atom stereocenters. The summed E-state index contributed by atoms with van der Waals surface area (Å²) in [5, 5.41) is 0. The van der Waals surface area contributed by atoms with E-state index in [1.807, 2.05) is 30.3 Å². The number of hydrogen-bond acceptors (Lipinski definition) is 5. The number of carbonyl (C=O) groups excluding carboxylic acids is 1. The highest BCUT2D eigenvalue weighted by atomic mass is 31.2. The lowest BCUT2D eigenvalue weighted by atomic mass is 10.2. The average molecular weight is 298 g/mol. The maximum absolute atomic E-state index is 12.1. The van der Waals surface area contributed by atoms with Crippen LogP contribution in [0.5, 0.6) is 0 Å². The predicted octanol–water partition coefficient (Wildman–Crippen LogP) is 3.47. The zero-order valence-electron chi connectivity index (χ0n) is 11.8. The Morgan fingerprint density at radius 1 is 1.25 bits per heavy atom. The highest BCUT2D eigenvalue weighted by Crippen LogP contribution is 2.53. The SMILES string of the molecule is CCC(OC(=O)/C=C/c1ccccc1)P(=O)(OC)OC. The zero-order valence-corrected chi connectivity index (χ0v) is 12.7. The molecular formula is C14H19O5P. The molecule has 0 aliphatic rings. The molecule has 0 saturated carbocycles. The van der Waals surface area contributed by atoms with Crippen molar-refractivity contribution in [2.75, 3.05) is 14.2 Å². The summed E-state index contributed by atoms with van der Waals surface area (Å²) < 4.78 is 26.9. The first-order chi connectivity index (χ1) is 9.55. The van der Waals surface area contributed by atoms with Gasteiger partial charge in [-0.2, -0.15) is 0 Å². The van der Waals surface area contributed by atoms with E-state index in [4.69, 9.17) is 13.8 Å². The van der Waals surface area contributed by atoms with Crippen molar-refractivity contribution in [3.05, 3.63) is 42.0 Å². The van der Waals surface area contributed by atoms with Crippen molar-refractivity contribution in [3.8, 4) is 0 Å². The van der Waals surface area contributed by atoms with Crippen molar-refractivity contribution in [2.24, 2.45) is 0 Å². The lowest BCUT2D eigenvalue weighted by Crippen LogP contribution is -2.18. The van der Waals surface area contributed by atoms with E-state index in [0.29, 0.717) is 6.42 Å². The van der Waals surface area contributed by atoms with Crippen LogP contribution in [0.15, 0.2) is 36.4 Å². The second-order valence-electron chi connectivity index (χ2n) is 3.95. The number of carbonyl (C=O) groups is 1. The molecule has 0 amide bonds. The summed E-state index contributed by atoms with van der Waals surface area (Å²) in [5.41, 5.74) is 0.874. The fourth-order valence-electron chi connectivity index (χ4n) is 1.58. The Bertz CT molecular complexity index is 490. The molecule has 1 aromatic rings. The summed E-state index contributed by atoms with van der Waals surface area (Å²) in [6.45, 7) is 1.74. The van der Waals surface area contributed by atoms with Gasteiger partial charge in [0.25, 0.3) is 0 Å². The van der Waals surface area contributed by atoms with Gasteiger partial charge < -0.3 is 13.8 Å². The Morgan fingerprint density at radius 3 is 2.35 bits per heavy atom. The lowest BCUT2D eigenvalue weighted by molar-refractivity contribution is -0.140. The quantitative estimate of drug-likeness (QED) is 0.438. The molecule has 0 aliphatic carbocycles. The highest BCUT2D eigenvalue weighted by molar-refractivity contribution is 7.54. The van der Waals surface area contributed by atoms with Gasteiger partial charge in [0.15, 0.2) is 0 Å². The standard InChI is InChI=1S/C14H19O5P/c1-4-14(20(16,17-2)18-3)19-13(15)11-10-12-8-6-5-7-9-12/h5-11,14H,4H2,1-3H3/b11-10+. The molecule has 0 aromatic heterocycles. The van der Waals surface area contributed by atoms with Crippen LogP contribution in [0, 0.1) is 0 Å². The van der Waals surface area contributed by atoms with Crippen molar-refractivity contribution in [2.45, 2.75) is 19.2 Å². The Morgan fingerprint density at radius 2 is 1.85 bits per heavy atom. The van der Waals surface area contributed by atoms with E-state index in [1.54, 1.807) is 13.0 Å². The van der Waals surface area contributed by atoms with Crippen LogP contribution in [0.2, 0.25) is 0 Å². The maximum Gasteiger partial charge on any atom is 0.370 e. The number of ether oxygens (including phenoxy) is 1. The summed E-state index contributed by atoms with van der Waals surface area (Å²) >= 11 is 0. The fourth-order valence-corrected chi connectivity index (χ4v) is 2.88. The number of benzene rings is 1. The summed E-state index contributed by atoms with van der Waals surface area (Å²) in [6, 6.07) is 9.33. The number of rotatable bonds is 7. The first-order valence-corrected chi connectivity index (χ1v) is 7.81. The molecular weight excluding hydrogens is 279 g/mol.